The fraction of sp³-hybridized carbons (Fsp3) is 0.353. The second-order valence-electron chi connectivity index (χ2n) is 6.30. The van der Waals surface area contributed by atoms with Crippen LogP contribution < -0.4 is 26.1 Å². The highest BCUT2D eigenvalue weighted by Crippen LogP contribution is 2.38. The number of hydrogen-bond donors (Lipinski definition) is 3. The number of carbonyl (C=O) groups is 1. The molecule has 2 rings (SSSR count). The molecule has 2 aromatic rings. The molecule has 0 aliphatic rings. The maximum Gasteiger partial charge on any atom is 0.342 e. The first-order valence-corrected chi connectivity index (χ1v) is 9.72. The second kappa shape index (κ2) is 10.4. The van der Waals surface area contributed by atoms with Gasteiger partial charge in [-0.2, -0.15) is 10.2 Å². The molecule has 0 bridgehead atoms. The Morgan fingerprint density at radius 1 is 1.35 bits per heavy atom. The quantitative estimate of drug-likeness (QED) is 0.214. The smallest absolute Gasteiger partial charge is 0.342 e. The number of nitro groups is 1. The van der Waals surface area contributed by atoms with Gasteiger partial charge in [-0.1, -0.05) is 11.8 Å². The van der Waals surface area contributed by atoms with Crippen LogP contribution in [-0.2, 0) is 4.79 Å². The first-order valence-electron chi connectivity index (χ1n) is 8.84. The van der Waals surface area contributed by atoms with Crippen LogP contribution in [-0.4, -0.2) is 50.7 Å². The van der Waals surface area contributed by atoms with Crippen molar-refractivity contribution in [1.29, 1.82) is 0 Å². The van der Waals surface area contributed by atoms with Crippen molar-refractivity contribution in [2.24, 2.45) is 5.10 Å². The largest absolute Gasteiger partial charge is 0.493 e. The minimum atomic E-state index is -0.776. The number of amides is 1. The van der Waals surface area contributed by atoms with Gasteiger partial charge in [-0.05, 0) is 26.8 Å². The normalized spacial score (nSPS) is 12.0. The minimum absolute atomic E-state index is 0.00710. The van der Waals surface area contributed by atoms with E-state index in [-0.39, 0.29) is 28.3 Å². The summed E-state index contributed by atoms with van der Waals surface area (Å²) in [5.74, 6) is -0.426. The van der Waals surface area contributed by atoms with E-state index in [2.05, 4.69) is 20.7 Å². The van der Waals surface area contributed by atoms with Crippen molar-refractivity contribution in [3.63, 3.8) is 0 Å². The summed E-state index contributed by atoms with van der Waals surface area (Å²) in [6.45, 7) is 4.96. The summed E-state index contributed by atoms with van der Waals surface area (Å²) in [6.07, 6.45) is 0.893. The third-order valence-corrected chi connectivity index (χ3v) is 4.62. The number of aromatic nitrogens is 3. The monoisotopic (exact) mass is 452 g/mol. The number of benzene rings is 1. The number of nitro benzene ring substituents is 1. The predicted octanol–water partition coefficient (Wildman–Crippen LogP) is 0.793. The van der Waals surface area contributed by atoms with Crippen LogP contribution in [0.15, 0.2) is 31.8 Å². The first-order chi connectivity index (χ1) is 14.6. The molecule has 0 aliphatic carbocycles. The Morgan fingerprint density at radius 2 is 2.06 bits per heavy atom. The Morgan fingerprint density at radius 3 is 2.65 bits per heavy atom. The van der Waals surface area contributed by atoms with Gasteiger partial charge in [-0.3, -0.25) is 24.7 Å². The van der Waals surface area contributed by atoms with Crippen molar-refractivity contribution in [3.8, 4) is 11.5 Å². The summed E-state index contributed by atoms with van der Waals surface area (Å²) in [5.41, 5.74) is 0.769. The Kier molecular flexibility index (Phi) is 7.90. The molecule has 13 nitrogen and oxygen atoms in total. The minimum Gasteiger partial charge on any atom is -0.493 e. The third kappa shape index (κ3) is 6.40. The van der Waals surface area contributed by atoms with Gasteiger partial charge >= 0.3 is 11.4 Å². The van der Waals surface area contributed by atoms with Crippen molar-refractivity contribution < 1.29 is 19.2 Å². The highest BCUT2D eigenvalue weighted by molar-refractivity contribution is 8.00. The number of ether oxygens (including phenoxy) is 2. The van der Waals surface area contributed by atoms with E-state index in [4.69, 9.17) is 9.47 Å². The second-order valence-corrected chi connectivity index (χ2v) is 7.63. The standard InChI is InChI=1S/C17H20N6O7S/c1-8(2)30-13-11(23(27)28)5-10(6-12(13)29-4)7-18-20-14(24)9(3)31-16-15(25)19-17(26)22-21-16/h5-9H,1-4H3,(H,20,24)(H2,19,22,25,26)/b18-7+. The van der Waals surface area contributed by atoms with Gasteiger partial charge in [0.1, 0.15) is 0 Å². The Labute approximate surface area is 179 Å². The van der Waals surface area contributed by atoms with Crippen LogP contribution >= 0.6 is 11.8 Å². The van der Waals surface area contributed by atoms with Crippen LogP contribution in [0.25, 0.3) is 0 Å². The van der Waals surface area contributed by atoms with Gasteiger partial charge in [0.25, 0.3) is 11.5 Å². The van der Waals surface area contributed by atoms with E-state index in [1.165, 1.54) is 32.4 Å². The van der Waals surface area contributed by atoms with Crippen LogP contribution in [0.3, 0.4) is 0 Å². The summed E-state index contributed by atoms with van der Waals surface area (Å²) in [6, 6.07) is 2.71. The zero-order valence-corrected chi connectivity index (χ0v) is 17.8. The van der Waals surface area contributed by atoms with Crippen molar-refractivity contribution in [2.45, 2.75) is 37.2 Å². The lowest BCUT2D eigenvalue weighted by atomic mass is 10.2. The van der Waals surface area contributed by atoms with E-state index < -0.39 is 27.3 Å². The summed E-state index contributed by atoms with van der Waals surface area (Å²) in [4.78, 5) is 47.6. The number of hydrogen-bond acceptors (Lipinski definition) is 10. The van der Waals surface area contributed by atoms with E-state index in [0.29, 0.717) is 5.56 Å². The Balaban J connectivity index is 2.14. The number of rotatable bonds is 9. The molecule has 1 aromatic heterocycles. The lowest BCUT2D eigenvalue weighted by molar-refractivity contribution is -0.386. The molecule has 1 heterocycles. The maximum absolute atomic E-state index is 12.2. The number of thioether (sulfide) groups is 1. The molecule has 0 saturated carbocycles. The highest BCUT2D eigenvalue weighted by atomic mass is 32.2. The lowest BCUT2D eigenvalue weighted by Gasteiger charge is -2.14. The molecule has 0 spiro atoms. The molecule has 0 saturated heterocycles. The van der Waals surface area contributed by atoms with E-state index in [0.717, 1.165) is 11.8 Å². The van der Waals surface area contributed by atoms with Crippen molar-refractivity contribution in [2.75, 3.05) is 7.11 Å². The molecule has 0 fully saturated rings. The van der Waals surface area contributed by atoms with E-state index >= 15 is 0 Å². The first kappa shape index (κ1) is 23.6. The van der Waals surface area contributed by atoms with Gasteiger partial charge < -0.3 is 9.47 Å². The molecule has 1 unspecified atom stereocenters. The average Bonchev–Trinajstić information content (AvgIpc) is 2.69. The van der Waals surface area contributed by atoms with E-state index in [1.807, 2.05) is 4.98 Å². The number of H-pyrrole nitrogens is 2. The van der Waals surface area contributed by atoms with Crippen molar-refractivity contribution >= 4 is 29.6 Å². The van der Waals surface area contributed by atoms with Crippen LogP contribution in [0.5, 0.6) is 11.5 Å². The molecule has 1 aromatic carbocycles. The fourth-order valence-corrected chi connectivity index (χ4v) is 2.97. The van der Waals surface area contributed by atoms with Crippen LogP contribution in [0.4, 0.5) is 5.69 Å². The van der Waals surface area contributed by atoms with Crippen LogP contribution in [0, 0.1) is 10.1 Å². The average molecular weight is 452 g/mol. The third-order valence-electron chi connectivity index (χ3n) is 3.55. The maximum atomic E-state index is 12.2. The van der Waals surface area contributed by atoms with Crippen molar-refractivity contribution in [1.82, 2.24) is 20.6 Å². The summed E-state index contributed by atoms with van der Waals surface area (Å²) < 4.78 is 10.7. The number of nitrogens with one attached hydrogen (secondary N) is 3. The lowest BCUT2D eigenvalue weighted by Crippen LogP contribution is -2.30. The van der Waals surface area contributed by atoms with Crippen LogP contribution in [0.1, 0.15) is 26.3 Å². The van der Waals surface area contributed by atoms with Gasteiger partial charge in [0.15, 0.2) is 10.8 Å². The Bertz CT molecular complexity index is 1110. The number of hydrazone groups is 1. The molecular formula is C17H20N6O7S. The number of nitrogens with zero attached hydrogens (tertiary/aromatic N) is 3. The predicted molar refractivity (Wildman–Crippen MR) is 112 cm³/mol. The molecule has 1 atom stereocenters. The van der Waals surface area contributed by atoms with Crippen LogP contribution in [0.2, 0.25) is 0 Å². The molecule has 1 amide bonds. The summed E-state index contributed by atoms with van der Waals surface area (Å²) in [7, 11) is 1.35. The van der Waals surface area contributed by atoms with Gasteiger partial charge in [0.2, 0.25) is 5.75 Å². The zero-order chi connectivity index (χ0) is 23.1. The van der Waals surface area contributed by atoms with Gasteiger partial charge in [-0.15, -0.1) is 0 Å². The number of carbonyl (C=O) groups excluding carboxylic acids is 1. The van der Waals surface area contributed by atoms with E-state index in [1.54, 1.807) is 13.8 Å². The molecule has 166 valence electrons. The molecule has 0 radical (unpaired) electrons. The molecular weight excluding hydrogens is 432 g/mol. The summed E-state index contributed by atoms with van der Waals surface area (Å²) >= 11 is 0.816. The highest BCUT2D eigenvalue weighted by Gasteiger charge is 2.23. The molecule has 3 N–H and O–H groups in total. The molecule has 31 heavy (non-hydrogen) atoms. The fourth-order valence-electron chi connectivity index (χ4n) is 2.22. The van der Waals surface area contributed by atoms with Crippen molar-refractivity contribution in [3.05, 3.63) is 48.6 Å². The zero-order valence-electron chi connectivity index (χ0n) is 17.0. The number of methoxy groups -OCH3 is 1. The molecule has 0 aliphatic heterocycles. The summed E-state index contributed by atoms with van der Waals surface area (Å²) in [5, 5.41) is 20.0. The van der Waals surface area contributed by atoms with Gasteiger partial charge in [0.05, 0.1) is 29.6 Å². The number of aromatic amines is 2. The van der Waals surface area contributed by atoms with Gasteiger partial charge in [-0.25, -0.2) is 15.3 Å². The SMILES string of the molecule is COc1cc(/C=N/NC(=O)C(C)Sc2n[nH]c(=O)[nH]c2=O)cc([N+](=O)[O-])c1OC(C)C. The van der Waals surface area contributed by atoms with E-state index in [9.17, 15) is 24.5 Å². The Hall–Kier alpha value is -3.68. The topological polar surface area (TPSA) is 182 Å². The van der Waals surface area contributed by atoms with Gasteiger partial charge in [0, 0.05) is 11.6 Å². The molecule has 14 heteroatoms.